The van der Waals surface area contributed by atoms with Crippen LogP contribution in [0.1, 0.15) is 32.6 Å². The zero-order valence-electron chi connectivity index (χ0n) is 15.5. The fourth-order valence-corrected chi connectivity index (χ4v) is 3.07. The maximum absolute atomic E-state index is 12.8. The predicted molar refractivity (Wildman–Crippen MR) is 110 cm³/mol. The number of nitrogens with one attached hydrogen (secondary N) is 1. The number of carbonyl (C=O) groups is 1. The van der Waals surface area contributed by atoms with Crippen LogP contribution in [0.15, 0.2) is 59.5 Å². The van der Waals surface area contributed by atoms with Gasteiger partial charge in [0, 0.05) is 11.2 Å². The Morgan fingerprint density at radius 3 is 2.71 bits per heavy atom. The van der Waals surface area contributed by atoms with Crippen LogP contribution >= 0.6 is 11.6 Å². The van der Waals surface area contributed by atoms with Crippen molar-refractivity contribution in [2.75, 3.05) is 5.32 Å². The Bertz CT molecular complexity index is 1160. The van der Waals surface area contributed by atoms with Crippen LogP contribution < -0.4 is 10.9 Å². The van der Waals surface area contributed by atoms with Crippen molar-refractivity contribution in [3.8, 4) is 6.07 Å². The smallest absolute Gasteiger partial charge is 0.263 e. The number of nitrogens with zero attached hydrogens (tertiary/aromatic N) is 2. The lowest BCUT2D eigenvalue weighted by atomic mass is 10.1. The molecule has 5 nitrogen and oxygen atoms in total. The van der Waals surface area contributed by atoms with Gasteiger partial charge in [0.25, 0.3) is 11.5 Å². The van der Waals surface area contributed by atoms with Gasteiger partial charge in [-0.25, -0.2) is 0 Å². The summed E-state index contributed by atoms with van der Waals surface area (Å²) >= 11 is 5.95. The number of anilines is 1. The van der Waals surface area contributed by atoms with E-state index in [1.54, 1.807) is 18.3 Å². The van der Waals surface area contributed by atoms with E-state index in [4.69, 9.17) is 11.6 Å². The number of carbonyl (C=O) groups excluding carboxylic acids is 1. The molecule has 0 saturated carbocycles. The minimum atomic E-state index is -0.584. The highest BCUT2D eigenvalue weighted by Crippen LogP contribution is 2.21. The first-order chi connectivity index (χ1) is 13.4. The molecule has 140 valence electrons. The standard InChI is InChI=1S/C22H18ClN3O2/c1-14-5-6-15(2)17(10-14)13-26-9-3-4-19(22(26)28)21(27)25-20-11-18(23)8-7-16(20)12-24/h3-11H,13H2,1-2H3,(H,25,27). The van der Waals surface area contributed by atoms with E-state index >= 15 is 0 Å². The van der Waals surface area contributed by atoms with Crippen LogP contribution in [0.3, 0.4) is 0 Å². The largest absolute Gasteiger partial charge is 0.321 e. The molecule has 1 aromatic heterocycles. The summed E-state index contributed by atoms with van der Waals surface area (Å²) in [5.41, 5.74) is 3.32. The molecule has 0 unspecified atom stereocenters. The molecule has 0 atom stereocenters. The number of aromatic nitrogens is 1. The van der Waals surface area contributed by atoms with Crippen LogP contribution in [-0.2, 0) is 6.54 Å². The van der Waals surface area contributed by atoms with Crippen molar-refractivity contribution in [1.82, 2.24) is 4.57 Å². The topological polar surface area (TPSA) is 74.9 Å². The zero-order chi connectivity index (χ0) is 20.3. The molecule has 1 heterocycles. The number of hydrogen-bond donors (Lipinski definition) is 1. The lowest BCUT2D eigenvalue weighted by molar-refractivity contribution is 0.102. The van der Waals surface area contributed by atoms with Gasteiger partial charge in [0.15, 0.2) is 0 Å². The van der Waals surface area contributed by atoms with Gasteiger partial charge in [0.05, 0.1) is 17.8 Å². The predicted octanol–water partition coefficient (Wildman–Crippen LogP) is 4.29. The summed E-state index contributed by atoms with van der Waals surface area (Å²) < 4.78 is 1.50. The molecule has 0 radical (unpaired) electrons. The Morgan fingerprint density at radius 2 is 1.96 bits per heavy atom. The van der Waals surface area contributed by atoms with E-state index in [9.17, 15) is 14.9 Å². The van der Waals surface area contributed by atoms with Gasteiger partial charge in [-0.3, -0.25) is 9.59 Å². The highest BCUT2D eigenvalue weighted by Gasteiger charge is 2.15. The van der Waals surface area contributed by atoms with Crippen molar-refractivity contribution in [3.05, 3.63) is 97.9 Å². The van der Waals surface area contributed by atoms with E-state index < -0.39 is 11.5 Å². The molecule has 0 spiro atoms. The summed E-state index contributed by atoms with van der Waals surface area (Å²) in [7, 11) is 0. The lowest BCUT2D eigenvalue weighted by Gasteiger charge is -2.12. The van der Waals surface area contributed by atoms with Crippen molar-refractivity contribution >= 4 is 23.2 Å². The second kappa shape index (κ2) is 8.12. The lowest BCUT2D eigenvalue weighted by Crippen LogP contribution is -2.29. The Labute approximate surface area is 167 Å². The van der Waals surface area contributed by atoms with Crippen LogP contribution in [0.4, 0.5) is 5.69 Å². The number of nitriles is 1. The number of hydrogen-bond acceptors (Lipinski definition) is 3. The van der Waals surface area contributed by atoms with E-state index in [0.29, 0.717) is 11.6 Å². The number of benzene rings is 2. The number of pyridine rings is 1. The minimum absolute atomic E-state index is 0.00308. The van der Waals surface area contributed by atoms with Gasteiger partial charge < -0.3 is 9.88 Å². The third kappa shape index (κ3) is 4.13. The molecule has 3 rings (SSSR count). The first-order valence-corrected chi connectivity index (χ1v) is 9.03. The summed E-state index contributed by atoms with van der Waals surface area (Å²) in [6.45, 7) is 4.35. The third-order valence-corrected chi connectivity index (χ3v) is 4.70. The molecule has 0 bridgehead atoms. The summed E-state index contributed by atoms with van der Waals surface area (Å²) in [6.07, 6.45) is 1.65. The quantitative estimate of drug-likeness (QED) is 0.720. The molecule has 1 N–H and O–H groups in total. The number of halogens is 1. The van der Waals surface area contributed by atoms with Gasteiger partial charge in [0.2, 0.25) is 0 Å². The van der Waals surface area contributed by atoms with Crippen LogP contribution in [0.2, 0.25) is 5.02 Å². The summed E-state index contributed by atoms with van der Waals surface area (Å²) in [5.74, 6) is -0.584. The Balaban J connectivity index is 1.92. The normalized spacial score (nSPS) is 10.4. The van der Waals surface area contributed by atoms with Crippen molar-refractivity contribution in [2.45, 2.75) is 20.4 Å². The van der Waals surface area contributed by atoms with Crippen LogP contribution in [0, 0.1) is 25.2 Å². The van der Waals surface area contributed by atoms with Crippen molar-refractivity contribution in [3.63, 3.8) is 0 Å². The fourth-order valence-electron chi connectivity index (χ4n) is 2.90. The van der Waals surface area contributed by atoms with E-state index in [1.165, 1.54) is 22.8 Å². The first-order valence-electron chi connectivity index (χ1n) is 8.65. The molecule has 0 aliphatic carbocycles. The number of amides is 1. The number of aryl methyl sites for hydroxylation is 2. The molecule has 3 aromatic rings. The van der Waals surface area contributed by atoms with Crippen molar-refractivity contribution < 1.29 is 4.79 Å². The molecule has 0 aliphatic heterocycles. The molecular formula is C22H18ClN3O2. The highest BCUT2D eigenvalue weighted by molar-refractivity contribution is 6.31. The minimum Gasteiger partial charge on any atom is -0.321 e. The van der Waals surface area contributed by atoms with Gasteiger partial charge in [0.1, 0.15) is 11.6 Å². The molecule has 0 saturated heterocycles. The van der Waals surface area contributed by atoms with Gasteiger partial charge in [-0.2, -0.15) is 5.26 Å². The monoisotopic (exact) mass is 391 g/mol. The molecular weight excluding hydrogens is 374 g/mol. The highest BCUT2D eigenvalue weighted by atomic mass is 35.5. The van der Waals surface area contributed by atoms with Gasteiger partial charge in [-0.15, -0.1) is 0 Å². The van der Waals surface area contributed by atoms with Crippen molar-refractivity contribution in [2.24, 2.45) is 0 Å². The average molecular weight is 392 g/mol. The van der Waals surface area contributed by atoms with Crippen LogP contribution in [0.25, 0.3) is 0 Å². The van der Waals surface area contributed by atoms with E-state index in [0.717, 1.165) is 16.7 Å². The Kier molecular flexibility index (Phi) is 5.62. The van der Waals surface area contributed by atoms with E-state index in [-0.39, 0.29) is 16.8 Å². The molecule has 0 fully saturated rings. The Morgan fingerprint density at radius 1 is 1.18 bits per heavy atom. The van der Waals surface area contributed by atoms with Gasteiger partial charge >= 0.3 is 0 Å². The van der Waals surface area contributed by atoms with E-state index in [2.05, 4.69) is 5.32 Å². The van der Waals surface area contributed by atoms with Crippen LogP contribution in [0.5, 0.6) is 0 Å². The maximum Gasteiger partial charge on any atom is 0.263 e. The zero-order valence-corrected chi connectivity index (χ0v) is 16.2. The second-order valence-corrected chi connectivity index (χ2v) is 6.98. The maximum atomic E-state index is 12.8. The van der Waals surface area contributed by atoms with Crippen molar-refractivity contribution in [1.29, 1.82) is 5.26 Å². The SMILES string of the molecule is Cc1ccc(C)c(Cn2cccc(C(=O)Nc3cc(Cl)ccc3C#N)c2=O)c1. The summed E-state index contributed by atoms with van der Waals surface area (Å²) in [4.78, 5) is 25.5. The van der Waals surface area contributed by atoms with Crippen LogP contribution in [-0.4, -0.2) is 10.5 Å². The third-order valence-electron chi connectivity index (χ3n) is 4.46. The molecule has 2 aromatic carbocycles. The molecule has 6 heteroatoms. The second-order valence-electron chi connectivity index (χ2n) is 6.54. The van der Waals surface area contributed by atoms with Gasteiger partial charge in [-0.05, 0) is 55.3 Å². The molecule has 1 amide bonds. The molecule has 0 aliphatic rings. The average Bonchev–Trinajstić information content (AvgIpc) is 2.66. The fraction of sp³-hybridized carbons (Fsp3) is 0.136. The Hall–Kier alpha value is -3.36. The number of rotatable bonds is 4. The van der Waals surface area contributed by atoms with Gasteiger partial charge in [-0.1, -0.05) is 35.4 Å². The molecule has 28 heavy (non-hydrogen) atoms. The first kappa shape index (κ1) is 19.4. The summed E-state index contributed by atoms with van der Waals surface area (Å²) in [6, 6.07) is 15.7. The van der Waals surface area contributed by atoms with E-state index in [1.807, 2.05) is 38.1 Å². The summed E-state index contributed by atoms with van der Waals surface area (Å²) in [5, 5.41) is 12.2.